The zero-order valence-electron chi connectivity index (χ0n) is 20.4. The third-order valence-corrected chi connectivity index (χ3v) is 10.4. The van der Waals surface area contributed by atoms with Crippen LogP contribution in [0, 0.1) is 0 Å². The van der Waals surface area contributed by atoms with Crippen molar-refractivity contribution in [1.29, 1.82) is 0 Å². The van der Waals surface area contributed by atoms with E-state index in [0.29, 0.717) is 44.3 Å². The van der Waals surface area contributed by atoms with Crippen LogP contribution in [-0.2, 0) is 14.3 Å². The van der Waals surface area contributed by atoms with Crippen LogP contribution >= 0.6 is 23.2 Å². The van der Waals surface area contributed by atoms with Gasteiger partial charge in [-0.05, 0) is 64.2 Å². The molecule has 8 nitrogen and oxygen atoms in total. The summed E-state index contributed by atoms with van der Waals surface area (Å²) in [5.41, 5.74) is -1.05. The molecule has 6 aliphatic rings. The zero-order valence-corrected chi connectivity index (χ0v) is 21.9. The number of nitrogens with one attached hydrogen (secondary N) is 4. The molecule has 2 bridgehead atoms. The molecule has 2 amide bonds. The monoisotopic (exact) mass is 530 g/mol. The lowest BCUT2D eigenvalue weighted by Crippen LogP contribution is -2.72. The molecule has 6 fully saturated rings. The SMILES string of the molecule is O=C(COC1CCC(Cl)C(Cl)C1)NC12CCC(NC(=O)C3CNC4CCCCC4N3)(CC1)C[C@@H]2O. The summed E-state index contributed by atoms with van der Waals surface area (Å²) >= 11 is 12.4. The normalized spacial score (nSPS) is 45.4. The van der Waals surface area contributed by atoms with Gasteiger partial charge in [0.2, 0.25) is 11.8 Å². The Morgan fingerprint density at radius 2 is 1.71 bits per heavy atom. The highest BCUT2D eigenvalue weighted by Crippen LogP contribution is 2.47. The third-order valence-electron chi connectivity index (χ3n) is 9.27. The Balaban J connectivity index is 1.10. The molecular weight excluding hydrogens is 491 g/mol. The lowest BCUT2D eigenvalue weighted by atomic mass is 9.59. The third kappa shape index (κ3) is 5.63. The van der Waals surface area contributed by atoms with E-state index in [1.807, 2.05) is 0 Å². The van der Waals surface area contributed by atoms with E-state index in [9.17, 15) is 14.7 Å². The van der Waals surface area contributed by atoms with Crippen molar-refractivity contribution in [3.8, 4) is 0 Å². The molecule has 0 radical (unpaired) electrons. The van der Waals surface area contributed by atoms with Crippen molar-refractivity contribution in [3.05, 3.63) is 0 Å². The van der Waals surface area contributed by atoms with Crippen molar-refractivity contribution in [3.63, 3.8) is 0 Å². The van der Waals surface area contributed by atoms with Gasteiger partial charge in [0.05, 0.1) is 34.5 Å². The minimum atomic E-state index is -0.701. The fourth-order valence-electron chi connectivity index (χ4n) is 7.04. The van der Waals surface area contributed by atoms with E-state index in [0.717, 1.165) is 32.1 Å². The number of aliphatic hydroxyl groups is 1. The quantitative estimate of drug-likeness (QED) is 0.334. The summed E-state index contributed by atoms with van der Waals surface area (Å²) in [5, 5.41) is 24.4. The van der Waals surface area contributed by atoms with Crippen LogP contribution in [0.15, 0.2) is 0 Å². The molecule has 0 aromatic heterocycles. The van der Waals surface area contributed by atoms with Gasteiger partial charge in [0.15, 0.2) is 0 Å². The average Bonchev–Trinajstić information content (AvgIpc) is 2.85. The lowest BCUT2D eigenvalue weighted by molar-refractivity contribution is -0.140. The summed E-state index contributed by atoms with van der Waals surface area (Å²) in [4.78, 5) is 25.9. The fourth-order valence-corrected chi connectivity index (χ4v) is 7.59. The van der Waals surface area contributed by atoms with Crippen LogP contribution in [0.1, 0.15) is 77.0 Å². The number of carbonyl (C=O) groups is 2. The van der Waals surface area contributed by atoms with Gasteiger partial charge in [0.1, 0.15) is 6.61 Å². The minimum absolute atomic E-state index is 0.0184. The van der Waals surface area contributed by atoms with Gasteiger partial charge in [0.25, 0.3) is 0 Å². The highest BCUT2D eigenvalue weighted by atomic mass is 35.5. The molecule has 6 unspecified atom stereocenters. The Bertz CT molecular complexity index is 793. The second-order valence-corrected chi connectivity index (χ2v) is 12.7. The smallest absolute Gasteiger partial charge is 0.246 e. The number of ether oxygens (including phenoxy) is 1. The number of hydrogen-bond acceptors (Lipinski definition) is 6. The van der Waals surface area contributed by atoms with Crippen LogP contribution in [0.25, 0.3) is 0 Å². The Labute approximate surface area is 218 Å². The summed E-state index contributed by atoms with van der Waals surface area (Å²) in [6.07, 6.45) is 9.44. The van der Waals surface area contributed by atoms with Gasteiger partial charge in [-0.15, -0.1) is 23.2 Å². The maximum absolute atomic E-state index is 13.2. The van der Waals surface area contributed by atoms with Gasteiger partial charge in [0, 0.05) is 24.2 Å². The molecule has 1 saturated heterocycles. The van der Waals surface area contributed by atoms with Gasteiger partial charge in [-0.2, -0.15) is 0 Å². The van der Waals surface area contributed by atoms with Crippen LogP contribution in [-0.4, -0.2) is 82.2 Å². The van der Waals surface area contributed by atoms with Crippen molar-refractivity contribution in [2.45, 2.75) is 129 Å². The summed E-state index contributed by atoms with van der Waals surface area (Å²) in [6, 6.07) is 0.587. The number of carbonyl (C=O) groups excluding carboxylic acids is 2. The standard InChI is InChI=1S/C25H40Cl2N4O4/c26-16-6-5-15(11-17(16)27)35-14-22(33)30-25-9-7-24(8-10-25,12-21(25)32)31-23(34)20-13-28-18-3-1-2-4-19(18)29-20/h15-21,28-29,32H,1-14H2,(H,30,33)(H,31,34)/t15?,16?,17?,18?,19?,20?,21-,24?,25?/m0/s1. The van der Waals surface area contributed by atoms with E-state index in [1.54, 1.807) is 0 Å². The zero-order chi connectivity index (χ0) is 24.6. The predicted molar refractivity (Wildman–Crippen MR) is 135 cm³/mol. The lowest BCUT2D eigenvalue weighted by Gasteiger charge is -2.56. The van der Waals surface area contributed by atoms with Gasteiger partial charge in [-0.3, -0.25) is 9.59 Å². The maximum Gasteiger partial charge on any atom is 0.246 e. The molecule has 0 aromatic carbocycles. The fraction of sp³-hybridized carbons (Fsp3) is 0.920. The Morgan fingerprint density at radius 1 is 0.971 bits per heavy atom. The molecule has 1 aliphatic heterocycles. The predicted octanol–water partition coefficient (Wildman–Crippen LogP) is 1.69. The molecule has 5 saturated carbocycles. The molecule has 0 spiro atoms. The number of alkyl halides is 2. The molecule has 7 atom stereocenters. The molecule has 0 aromatic rings. The first-order valence-corrected chi connectivity index (χ1v) is 14.4. The molecule has 6 rings (SSSR count). The summed E-state index contributed by atoms with van der Waals surface area (Å²) in [5.74, 6) is -0.189. The summed E-state index contributed by atoms with van der Waals surface area (Å²) in [6.45, 7) is 0.600. The number of piperazine rings is 1. The van der Waals surface area contributed by atoms with E-state index < -0.39 is 17.2 Å². The van der Waals surface area contributed by atoms with Crippen molar-refractivity contribution >= 4 is 35.0 Å². The molecule has 35 heavy (non-hydrogen) atoms. The highest BCUT2D eigenvalue weighted by Gasteiger charge is 2.55. The van der Waals surface area contributed by atoms with E-state index in [2.05, 4.69) is 21.3 Å². The van der Waals surface area contributed by atoms with Crippen molar-refractivity contribution in [1.82, 2.24) is 21.3 Å². The molecule has 198 valence electrons. The van der Waals surface area contributed by atoms with Crippen LogP contribution in [0.5, 0.6) is 0 Å². The second kappa shape index (κ2) is 10.6. The Hall–Kier alpha value is -0.640. The number of hydrogen-bond donors (Lipinski definition) is 5. The van der Waals surface area contributed by atoms with Crippen molar-refractivity contribution < 1.29 is 19.4 Å². The molecule has 5 N–H and O–H groups in total. The van der Waals surface area contributed by atoms with Gasteiger partial charge in [-0.25, -0.2) is 0 Å². The van der Waals surface area contributed by atoms with Crippen LogP contribution in [0.4, 0.5) is 0 Å². The van der Waals surface area contributed by atoms with E-state index in [1.165, 1.54) is 19.3 Å². The number of rotatable bonds is 6. The summed E-state index contributed by atoms with van der Waals surface area (Å²) in [7, 11) is 0. The minimum Gasteiger partial charge on any atom is -0.391 e. The first-order valence-electron chi connectivity index (χ1n) is 13.5. The van der Waals surface area contributed by atoms with Crippen molar-refractivity contribution in [2.75, 3.05) is 13.2 Å². The Morgan fingerprint density at radius 3 is 2.43 bits per heavy atom. The first-order chi connectivity index (χ1) is 16.8. The number of aliphatic hydroxyl groups excluding tert-OH is 1. The van der Waals surface area contributed by atoms with Crippen molar-refractivity contribution in [2.24, 2.45) is 0 Å². The second-order valence-electron chi connectivity index (χ2n) is 11.6. The molecule has 5 aliphatic carbocycles. The van der Waals surface area contributed by atoms with Crippen LogP contribution in [0.3, 0.4) is 0 Å². The molecule has 1 heterocycles. The van der Waals surface area contributed by atoms with E-state index >= 15 is 0 Å². The highest BCUT2D eigenvalue weighted by molar-refractivity contribution is 6.30. The number of halogens is 2. The number of fused-ring (bicyclic) bond motifs is 4. The van der Waals surface area contributed by atoms with E-state index in [4.69, 9.17) is 27.9 Å². The van der Waals surface area contributed by atoms with Gasteiger partial charge >= 0.3 is 0 Å². The maximum atomic E-state index is 13.2. The summed E-state index contributed by atoms with van der Waals surface area (Å²) < 4.78 is 5.81. The Kier molecular flexibility index (Phi) is 7.88. The van der Waals surface area contributed by atoms with Crippen LogP contribution < -0.4 is 21.3 Å². The first kappa shape index (κ1) is 26.0. The number of amides is 2. The van der Waals surface area contributed by atoms with Gasteiger partial charge in [-0.1, -0.05) is 12.8 Å². The molecule has 10 heteroatoms. The molecular formula is C25H40Cl2N4O4. The van der Waals surface area contributed by atoms with Crippen LogP contribution in [0.2, 0.25) is 0 Å². The largest absolute Gasteiger partial charge is 0.391 e. The van der Waals surface area contributed by atoms with E-state index in [-0.39, 0.29) is 41.3 Å². The topological polar surface area (TPSA) is 112 Å². The van der Waals surface area contributed by atoms with Gasteiger partial charge < -0.3 is 31.1 Å². The average molecular weight is 532 g/mol.